The van der Waals surface area contributed by atoms with E-state index >= 15 is 0 Å². The maximum absolute atomic E-state index is 13.9. The molecule has 2 aliphatic heterocycles. The van der Waals surface area contributed by atoms with Crippen LogP contribution in [-0.4, -0.2) is 53.9 Å². The molecule has 0 aromatic rings. The standard InChI is InChI=1S/C12H18FNO4/c1-11(3-2-6-18-8-11)9(15)14-5-4-12(13,7-14)10(16)17/h2-8H2,1H3,(H,16,17)/t11-,12+/m0/s1. The van der Waals surface area contributed by atoms with E-state index in [1.165, 1.54) is 4.90 Å². The lowest BCUT2D eigenvalue weighted by Crippen LogP contribution is -2.47. The van der Waals surface area contributed by atoms with Gasteiger partial charge in [-0.15, -0.1) is 0 Å². The molecule has 0 aliphatic carbocycles. The highest BCUT2D eigenvalue weighted by atomic mass is 19.1. The van der Waals surface area contributed by atoms with E-state index in [1.54, 1.807) is 6.92 Å². The lowest BCUT2D eigenvalue weighted by molar-refractivity contribution is -0.152. The minimum Gasteiger partial charge on any atom is -0.479 e. The molecule has 1 amide bonds. The highest BCUT2D eigenvalue weighted by Crippen LogP contribution is 2.34. The summed E-state index contributed by atoms with van der Waals surface area (Å²) < 4.78 is 19.2. The lowest BCUT2D eigenvalue weighted by atomic mass is 9.83. The van der Waals surface area contributed by atoms with Gasteiger partial charge in [0.05, 0.1) is 18.6 Å². The van der Waals surface area contributed by atoms with Crippen molar-refractivity contribution in [2.45, 2.75) is 31.9 Å². The molecule has 2 atom stereocenters. The van der Waals surface area contributed by atoms with Crippen molar-refractivity contribution in [3.8, 4) is 0 Å². The third-order valence-electron chi connectivity index (χ3n) is 3.84. The highest BCUT2D eigenvalue weighted by Gasteiger charge is 2.50. The minimum absolute atomic E-state index is 0.134. The van der Waals surface area contributed by atoms with E-state index < -0.39 is 17.1 Å². The number of ether oxygens (including phenoxy) is 1. The van der Waals surface area contributed by atoms with Crippen LogP contribution in [-0.2, 0) is 14.3 Å². The number of aliphatic carboxylic acids is 1. The molecule has 2 saturated heterocycles. The number of rotatable bonds is 2. The van der Waals surface area contributed by atoms with Crippen LogP contribution in [0.1, 0.15) is 26.2 Å². The number of carbonyl (C=O) groups is 2. The van der Waals surface area contributed by atoms with Crippen molar-refractivity contribution in [3.63, 3.8) is 0 Å². The van der Waals surface area contributed by atoms with Crippen molar-refractivity contribution in [1.29, 1.82) is 0 Å². The fraction of sp³-hybridized carbons (Fsp3) is 0.833. The van der Waals surface area contributed by atoms with Crippen molar-refractivity contribution < 1.29 is 23.8 Å². The van der Waals surface area contributed by atoms with Gasteiger partial charge < -0.3 is 14.7 Å². The van der Waals surface area contributed by atoms with Crippen LogP contribution in [0, 0.1) is 5.41 Å². The summed E-state index contributed by atoms with van der Waals surface area (Å²) >= 11 is 0. The smallest absolute Gasteiger partial charge is 0.343 e. The molecule has 1 N–H and O–H groups in total. The van der Waals surface area contributed by atoms with Crippen molar-refractivity contribution in [1.82, 2.24) is 4.90 Å². The van der Waals surface area contributed by atoms with Gasteiger partial charge in [0.2, 0.25) is 11.6 Å². The second-order valence-corrected chi connectivity index (χ2v) is 5.46. The van der Waals surface area contributed by atoms with Crippen molar-refractivity contribution in [2.75, 3.05) is 26.3 Å². The molecule has 6 heteroatoms. The van der Waals surface area contributed by atoms with Gasteiger partial charge in [0.15, 0.2) is 0 Å². The van der Waals surface area contributed by atoms with E-state index in [9.17, 15) is 14.0 Å². The molecule has 0 unspecified atom stereocenters. The monoisotopic (exact) mass is 259 g/mol. The Morgan fingerprint density at radius 2 is 2.11 bits per heavy atom. The highest BCUT2D eigenvalue weighted by molar-refractivity contribution is 5.85. The SMILES string of the molecule is C[C@]1(C(=O)N2CC[C@](F)(C(=O)O)C2)CCCOC1. The number of carboxylic acid groups (broad SMARTS) is 1. The van der Waals surface area contributed by atoms with Gasteiger partial charge in [0.1, 0.15) is 0 Å². The predicted octanol–water partition coefficient (Wildman–Crippen LogP) is 0.828. The zero-order chi connectivity index (χ0) is 13.4. The van der Waals surface area contributed by atoms with Crippen LogP contribution in [0.4, 0.5) is 4.39 Å². The average molecular weight is 259 g/mol. The molecule has 0 aromatic carbocycles. The molecule has 0 saturated carbocycles. The predicted molar refractivity (Wildman–Crippen MR) is 60.8 cm³/mol. The molecule has 2 rings (SSSR count). The molecule has 0 radical (unpaired) electrons. The van der Waals surface area contributed by atoms with Crippen LogP contribution in [0.25, 0.3) is 0 Å². The quantitative estimate of drug-likeness (QED) is 0.797. The zero-order valence-corrected chi connectivity index (χ0v) is 10.4. The fourth-order valence-corrected chi connectivity index (χ4v) is 2.61. The Bertz CT molecular complexity index is 367. The number of nitrogens with zero attached hydrogens (tertiary/aromatic N) is 1. The van der Waals surface area contributed by atoms with E-state index in [0.29, 0.717) is 19.6 Å². The Hall–Kier alpha value is -1.17. The van der Waals surface area contributed by atoms with Crippen LogP contribution in [0.5, 0.6) is 0 Å². The Morgan fingerprint density at radius 3 is 2.61 bits per heavy atom. The molecule has 0 bridgehead atoms. The molecule has 102 valence electrons. The first-order valence-electron chi connectivity index (χ1n) is 6.17. The largest absolute Gasteiger partial charge is 0.479 e. The molecule has 2 aliphatic rings. The normalized spacial score (nSPS) is 36.7. The minimum atomic E-state index is -2.29. The van der Waals surface area contributed by atoms with Gasteiger partial charge in [-0.3, -0.25) is 4.79 Å². The van der Waals surface area contributed by atoms with E-state index in [0.717, 1.165) is 6.42 Å². The van der Waals surface area contributed by atoms with E-state index in [4.69, 9.17) is 9.84 Å². The number of alkyl halides is 1. The number of hydrogen-bond donors (Lipinski definition) is 1. The van der Waals surface area contributed by atoms with Crippen LogP contribution in [0.3, 0.4) is 0 Å². The topological polar surface area (TPSA) is 66.8 Å². The third-order valence-corrected chi connectivity index (χ3v) is 3.84. The maximum Gasteiger partial charge on any atom is 0.343 e. The third kappa shape index (κ3) is 2.21. The van der Waals surface area contributed by atoms with Crippen molar-refractivity contribution in [2.24, 2.45) is 5.41 Å². The second-order valence-electron chi connectivity index (χ2n) is 5.46. The van der Waals surface area contributed by atoms with Crippen LogP contribution < -0.4 is 0 Å². The summed E-state index contributed by atoms with van der Waals surface area (Å²) in [4.78, 5) is 24.5. The molecule has 0 spiro atoms. The summed E-state index contributed by atoms with van der Waals surface area (Å²) in [7, 11) is 0. The summed E-state index contributed by atoms with van der Waals surface area (Å²) in [6, 6.07) is 0. The Balaban J connectivity index is 2.05. The van der Waals surface area contributed by atoms with Gasteiger partial charge in [-0.1, -0.05) is 0 Å². The van der Waals surface area contributed by atoms with Crippen molar-refractivity contribution in [3.05, 3.63) is 0 Å². The Morgan fingerprint density at radius 1 is 1.39 bits per heavy atom. The van der Waals surface area contributed by atoms with Crippen LogP contribution in [0.15, 0.2) is 0 Å². The first kappa shape index (κ1) is 13.3. The van der Waals surface area contributed by atoms with Crippen LogP contribution >= 0.6 is 0 Å². The number of hydrogen-bond acceptors (Lipinski definition) is 3. The molecule has 0 aromatic heterocycles. The number of carbonyl (C=O) groups excluding carboxylic acids is 1. The van der Waals surface area contributed by atoms with E-state index in [-0.39, 0.29) is 25.4 Å². The molecular weight excluding hydrogens is 241 g/mol. The number of halogens is 1. The van der Waals surface area contributed by atoms with Gasteiger partial charge in [0, 0.05) is 19.6 Å². The second kappa shape index (κ2) is 4.50. The van der Waals surface area contributed by atoms with Gasteiger partial charge in [0.25, 0.3) is 0 Å². The fourth-order valence-electron chi connectivity index (χ4n) is 2.61. The van der Waals surface area contributed by atoms with E-state index in [1.807, 2.05) is 0 Å². The van der Waals surface area contributed by atoms with Crippen molar-refractivity contribution >= 4 is 11.9 Å². The first-order valence-corrected chi connectivity index (χ1v) is 6.17. The van der Waals surface area contributed by atoms with E-state index in [2.05, 4.69) is 0 Å². The summed E-state index contributed by atoms with van der Waals surface area (Å²) in [6.07, 6.45) is 1.37. The maximum atomic E-state index is 13.9. The van der Waals surface area contributed by atoms with Gasteiger partial charge in [-0.2, -0.15) is 0 Å². The molecule has 2 fully saturated rings. The first-order chi connectivity index (χ1) is 8.37. The molecular formula is C12H18FNO4. The number of carboxylic acids is 1. The summed E-state index contributed by atoms with van der Waals surface area (Å²) in [6.45, 7) is 2.58. The van der Waals surface area contributed by atoms with Gasteiger partial charge in [-0.25, -0.2) is 9.18 Å². The van der Waals surface area contributed by atoms with Crippen LogP contribution in [0.2, 0.25) is 0 Å². The lowest BCUT2D eigenvalue weighted by Gasteiger charge is -2.35. The summed E-state index contributed by atoms with van der Waals surface area (Å²) in [5.41, 5.74) is -2.93. The van der Waals surface area contributed by atoms with Gasteiger partial charge in [-0.05, 0) is 19.8 Å². The average Bonchev–Trinajstić information content (AvgIpc) is 2.73. The summed E-state index contributed by atoms with van der Waals surface area (Å²) in [5.74, 6) is -1.68. The Labute approximate surface area is 105 Å². The summed E-state index contributed by atoms with van der Waals surface area (Å²) in [5, 5.41) is 8.81. The number of likely N-dealkylation sites (tertiary alicyclic amines) is 1. The molecule has 5 nitrogen and oxygen atoms in total. The number of amides is 1. The zero-order valence-electron chi connectivity index (χ0n) is 10.4. The Kier molecular flexibility index (Phi) is 3.31. The van der Waals surface area contributed by atoms with Gasteiger partial charge >= 0.3 is 5.97 Å². The molecule has 2 heterocycles. The molecule has 18 heavy (non-hydrogen) atoms.